The lowest BCUT2D eigenvalue weighted by molar-refractivity contribution is -0.128. The van der Waals surface area contributed by atoms with Gasteiger partial charge in [0.15, 0.2) is 6.10 Å². The molecule has 1 atom stereocenters. The van der Waals surface area contributed by atoms with E-state index in [1.54, 1.807) is 31.4 Å². The van der Waals surface area contributed by atoms with Crippen LogP contribution in [-0.2, 0) is 4.79 Å². The Bertz CT molecular complexity index is 693. The van der Waals surface area contributed by atoms with E-state index in [4.69, 9.17) is 25.8 Å². The third-order valence-electron chi connectivity index (χ3n) is 3.48. The van der Waals surface area contributed by atoms with Gasteiger partial charge in [-0.2, -0.15) is 0 Å². The number of nitrogens with one attached hydrogen (secondary N) is 1. The maximum atomic E-state index is 12.3. The number of carbonyl (C=O) groups excluding carboxylic acids is 1. The molecular weight excluding hydrogens is 342 g/mol. The molecule has 134 valence electrons. The molecule has 0 saturated heterocycles. The van der Waals surface area contributed by atoms with E-state index < -0.39 is 6.10 Å². The molecule has 0 fully saturated rings. The normalized spacial score (nSPS) is 11.5. The van der Waals surface area contributed by atoms with Crippen LogP contribution in [0.15, 0.2) is 48.5 Å². The van der Waals surface area contributed by atoms with Crippen LogP contribution in [0, 0.1) is 0 Å². The van der Waals surface area contributed by atoms with Gasteiger partial charge in [-0.05, 0) is 30.7 Å². The lowest BCUT2D eigenvalue weighted by Crippen LogP contribution is -2.39. The Balaban J connectivity index is 1.80. The maximum absolute atomic E-state index is 12.3. The van der Waals surface area contributed by atoms with Gasteiger partial charge in [-0.25, -0.2) is 0 Å². The molecule has 0 aliphatic rings. The van der Waals surface area contributed by atoms with Crippen LogP contribution >= 0.6 is 11.6 Å². The van der Waals surface area contributed by atoms with Gasteiger partial charge in [0.2, 0.25) is 0 Å². The number of hydrogen-bond acceptors (Lipinski definition) is 4. The molecule has 2 aromatic carbocycles. The number of ether oxygens (including phenoxy) is 3. The average Bonchev–Trinajstić information content (AvgIpc) is 2.64. The van der Waals surface area contributed by atoms with Gasteiger partial charge >= 0.3 is 0 Å². The van der Waals surface area contributed by atoms with Crippen LogP contribution in [0.1, 0.15) is 13.3 Å². The molecule has 1 amide bonds. The molecule has 0 unspecified atom stereocenters. The van der Waals surface area contributed by atoms with Gasteiger partial charge in [0.25, 0.3) is 5.91 Å². The summed E-state index contributed by atoms with van der Waals surface area (Å²) in [7, 11) is 1.59. The fourth-order valence-electron chi connectivity index (χ4n) is 2.17. The first-order valence-corrected chi connectivity index (χ1v) is 8.47. The van der Waals surface area contributed by atoms with Gasteiger partial charge in [-0.3, -0.25) is 4.79 Å². The minimum atomic E-state index is -0.576. The zero-order valence-electron chi connectivity index (χ0n) is 14.3. The summed E-state index contributed by atoms with van der Waals surface area (Å²) in [6, 6.07) is 14.4. The van der Waals surface area contributed by atoms with E-state index in [0.29, 0.717) is 41.8 Å². The van der Waals surface area contributed by atoms with Crippen molar-refractivity contribution < 1.29 is 19.0 Å². The summed E-state index contributed by atoms with van der Waals surface area (Å²) in [6.07, 6.45) is -0.0265. The molecule has 2 aromatic rings. The highest BCUT2D eigenvalue weighted by Gasteiger charge is 2.18. The van der Waals surface area contributed by atoms with Crippen LogP contribution in [0.3, 0.4) is 0 Å². The summed E-state index contributed by atoms with van der Waals surface area (Å²) >= 11 is 6.01. The number of halogens is 1. The van der Waals surface area contributed by atoms with Gasteiger partial charge in [-0.1, -0.05) is 36.7 Å². The van der Waals surface area contributed by atoms with Crippen LogP contribution in [0.5, 0.6) is 17.2 Å². The van der Waals surface area contributed by atoms with Gasteiger partial charge in [-0.15, -0.1) is 0 Å². The van der Waals surface area contributed by atoms with Crippen molar-refractivity contribution in [3.63, 3.8) is 0 Å². The molecule has 0 aliphatic heterocycles. The largest absolute Gasteiger partial charge is 0.497 e. The molecule has 2 rings (SSSR count). The Morgan fingerprint density at radius 2 is 1.92 bits per heavy atom. The van der Waals surface area contributed by atoms with Crippen LogP contribution in [-0.4, -0.2) is 32.3 Å². The molecule has 25 heavy (non-hydrogen) atoms. The number of carbonyl (C=O) groups is 1. The molecule has 0 bridgehead atoms. The standard InChI is InChI=1S/C19H22ClNO4/c1-3-17(25-15-8-6-7-14(13-15)23-2)19(22)21-11-12-24-18-10-5-4-9-16(18)20/h4-10,13,17H,3,11-12H2,1-2H3,(H,21,22)/t17-/m0/s1. The second-order valence-corrected chi connectivity index (χ2v) is 5.67. The quantitative estimate of drug-likeness (QED) is 0.690. The Labute approximate surface area is 152 Å². The number of para-hydroxylation sites is 1. The average molecular weight is 364 g/mol. The second-order valence-electron chi connectivity index (χ2n) is 5.26. The van der Waals surface area contributed by atoms with Crippen molar-refractivity contribution >= 4 is 17.5 Å². The molecule has 0 aromatic heterocycles. The second kappa shape index (κ2) is 9.79. The van der Waals surface area contributed by atoms with Gasteiger partial charge in [0, 0.05) is 6.07 Å². The van der Waals surface area contributed by atoms with E-state index in [1.807, 2.05) is 31.2 Å². The van der Waals surface area contributed by atoms with Crippen molar-refractivity contribution in [3.8, 4) is 17.2 Å². The molecular formula is C19H22ClNO4. The van der Waals surface area contributed by atoms with Crippen molar-refractivity contribution in [2.75, 3.05) is 20.3 Å². The first kappa shape index (κ1) is 18.9. The summed E-state index contributed by atoms with van der Waals surface area (Å²) in [6.45, 7) is 2.58. The minimum absolute atomic E-state index is 0.187. The topological polar surface area (TPSA) is 56.8 Å². The molecule has 5 nitrogen and oxygen atoms in total. The van der Waals surface area contributed by atoms with E-state index in [1.165, 1.54) is 0 Å². The zero-order valence-corrected chi connectivity index (χ0v) is 15.1. The summed E-state index contributed by atoms with van der Waals surface area (Å²) in [5.74, 6) is 1.68. The summed E-state index contributed by atoms with van der Waals surface area (Å²) < 4.78 is 16.4. The van der Waals surface area contributed by atoms with Crippen molar-refractivity contribution in [1.82, 2.24) is 5.32 Å². The number of hydrogen-bond donors (Lipinski definition) is 1. The minimum Gasteiger partial charge on any atom is -0.497 e. The van der Waals surface area contributed by atoms with Crippen LogP contribution < -0.4 is 19.5 Å². The Kier molecular flexibility index (Phi) is 7.41. The Morgan fingerprint density at radius 1 is 1.16 bits per heavy atom. The van der Waals surface area contributed by atoms with E-state index in [2.05, 4.69) is 5.32 Å². The van der Waals surface area contributed by atoms with Crippen LogP contribution in [0.2, 0.25) is 5.02 Å². The third kappa shape index (κ3) is 5.87. The highest BCUT2D eigenvalue weighted by atomic mass is 35.5. The highest BCUT2D eigenvalue weighted by molar-refractivity contribution is 6.32. The SMILES string of the molecule is CC[C@H](Oc1cccc(OC)c1)C(=O)NCCOc1ccccc1Cl. The zero-order chi connectivity index (χ0) is 18.1. The van der Waals surface area contributed by atoms with Gasteiger partial charge in [0.05, 0.1) is 18.7 Å². The smallest absolute Gasteiger partial charge is 0.261 e. The van der Waals surface area contributed by atoms with Crippen molar-refractivity contribution in [2.45, 2.75) is 19.4 Å². The molecule has 0 saturated carbocycles. The summed E-state index contributed by atoms with van der Waals surface area (Å²) in [4.78, 5) is 12.3. The number of amides is 1. The number of rotatable bonds is 9. The number of benzene rings is 2. The lowest BCUT2D eigenvalue weighted by atomic mass is 10.2. The van der Waals surface area contributed by atoms with Gasteiger partial charge in [0.1, 0.15) is 23.9 Å². The molecule has 0 spiro atoms. The molecule has 0 heterocycles. The van der Waals surface area contributed by atoms with Crippen molar-refractivity contribution in [2.24, 2.45) is 0 Å². The number of methoxy groups -OCH3 is 1. The van der Waals surface area contributed by atoms with E-state index in [9.17, 15) is 4.79 Å². The molecule has 0 radical (unpaired) electrons. The molecule has 6 heteroatoms. The Morgan fingerprint density at radius 3 is 2.64 bits per heavy atom. The summed E-state index contributed by atoms with van der Waals surface area (Å²) in [5, 5.41) is 3.35. The predicted octanol–water partition coefficient (Wildman–Crippen LogP) is 3.70. The van der Waals surface area contributed by atoms with E-state index in [0.717, 1.165) is 0 Å². The van der Waals surface area contributed by atoms with Crippen LogP contribution in [0.4, 0.5) is 0 Å². The lowest BCUT2D eigenvalue weighted by Gasteiger charge is -2.18. The maximum Gasteiger partial charge on any atom is 0.261 e. The molecule has 1 N–H and O–H groups in total. The fourth-order valence-corrected chi connectivity index (χ4v) is 2.36. The predicted molar refractivity (Wildman–Crippen MR) is 97.7 cm³/mol. The van der Waals surface area contributed by atoms with Crippen molar-refractivity contribution in [1.29, 1.82) is 0 Å². The van der Waals surface area contributed by atoms with Crippen molar-refractivity contribution in [3.05, 3.63) is 53.6 Å². The fraction of sp³-hybridized carbons (Fsp3) is 0.316. The highest BCUT2D eigenvalue weighted by Crippen LogP contribution is 2.23. The monoisotopic (exact) mass is 363 g/mol. The first-order chi connectivity index (χ1) is 12.1. The van der Waals surface area contributed by atoms with E-state index in [-0.39, 0.29) is 5.91 Å². The Hall–Kier alpha value is -2.40. The van der Waals surface area contributed by atoms with E-state index >= 15 is 0 Å². The summed E-state index contributed by atoms with van der Waals surface area (Å²) in [5.41, 5.74) is 0. The first-order valence-electron chi connectivity index (χ1n) is 8.09. The molecule has 0 aliphatic carbocycles. The van der Waals surface area contributed by atoms with Gasteiger partial charge < -0.3 is 19.5 Å². The third-order valence-corrected chi connectivity index (χ3v) is 3.79. The van der Waals surface area contributed by atoms with Crippen LogP contribution in [0.25, 0.3) is 0 Å².